The zero-order valence-corrected chi connectivity index (χ0v) is 9.40. The van der Waals surface area contributed by atoms with Gasteiger partial charge in [-0.05, 0) is 29.9 Å². The Balaban J connectivity index is 1.84. The molecule has 1 aromatic rings. The fourth-order valence-corrected chi connectivity index (χ4v) is 2.70. The third-order valence-electron chi connectivity index (χ3n) is 2.70. The number of hydrogen-bond acceptors (Lipinski definition) is 3. The van der Waals surface area contributed by atoms with Gasteiger partial charge in [0, 0.05) is 24.1 Å². The van der Waals surface area contributed by atoms with E-state index in [1.807, 2.05) is 11.3 Å². The Hall–Kier alpha value is -0.380. The molecule has 14 heavy (non-hydrogen) atoms. The topological polar surface area (TPSA) is 21.3 Å². The Morgan fingerprint density at radius 2 is 2.57 bits per heavy atom. The molecule has 3 heteroatoms. The predicted octanol–water partition coefficient (Wildman–Crippen LogP) is 2.19. The van der Waals surface area contributed by atoms with Crippen molar-refractivity contribution in [1.82, 2.24) is 5.32 Å². The molecule has 0 aliphatic carbocycles. The average Bonchev–Trinajstić information content (AvgIpc) is 2.85. The van der Waals surface area contributed by atoms with E-state index in [2.05, 4.69) is 23.7 Å². The van der Waals surface area contributed by atoms with Crippen LogP contribution >= 0.6 is 11.3 Å². The van der Waals surface area contributed by atoms with Crippen LogP contribution in [0.1, 0.15) is 23.8 Å². The van der Waals surface area contributed by atoms with Crippen molar-refractivity contribution >= 4 is 11.3 Å². The average molecular weight is 211 g/mol. The molecule has 0 bridgehead atoms. The second-order valence-electron chi connectivity index (χ2n) is 3.66. The van der Waals surface area contributed by atoms with E-state index in [0.29, 0.717) is 6.04 Å². The maximum atomic E-state index is 5.32. The smallest absolute Gasteiger partial charge is 0.0620 e. The molecule has 2 nitrogen and oxygen atoms in total. The monoisotopic (exact) mass is 211 g/mol. The van der Waals surface area contributed by atoms with E-state index < -0.39 is 0 Å². The fourth-order valence-electron chi connectivity index (χ4n) is 1.77. The first kappa shape index (κ1) is 10.1. The van der Waals surface area contributed by atoms with Gasteiger partial charge in [0.25, 0.3) is 0 Å². The highest BCUT2D eigenvalue weighted by atomic mass is 32.1. The van der Waals surface area contributed by atoms with Crippen molar-refractivity contribution < 1.29 is 4.74 Å². The Labute approximate surface area is 89.3 Å². The summed E-state index contributed by atoms with van der Waals surface area (Å²) in [5, 5.41) is 5.73. The predicted molar refractivity (Wildman–Crippen MR) is 59.8 cm³/mol. The van der Waals surface area contributed by atoms with Crippen molar-refractivity contribution in [2.75, 3.05) is 13.2 Å². The third kappa shape index (κ3) is 2.35. The highest BCUT2D eigenvalue weighted by molar-refractivity contribution is 7.10. The van der Waals surface area contributed by atoms with Gasteiger partial charge < -0.3 is 10.1 Å². The van der Waals surface area contributed by atoms with E-state index in [1.54, 1.807) is 0 Å². The molecule has 2 heterocycles. The largest absolute Gasteiger partial charge is 0.380 e. The number of ether oxygens (including phenoxy) is 1. The van der Waals surface area contributed by atoms with Gasteiger partial charge in [-0.1, -0.05) is 6.92 Å². The summed E-state index contributed by atoms with van der Waals surface area (Å²) < 4.78 is 5.32. The minimum Gasteiger partial charge on any atom is -0.380 e. The molecule has 0 amide bonds. The van der Waals surface area contributed by atoms with E-state index in [9.17, 15) is 0 Å². The Bertz CT molecular complexity index is 279. The molecule has 1 unspecified atom stereocenters. The molecule has 1 aliphatic heterocycles. The van der Waals surface area contributed by atoms with E-state index in [4.69, 9.17) is 4.74 Å². The Kier molecular flexibility index (Phi) is 3.56. The van der Waals surface area contributed by atoms with Gasteiger partial charge in [0.1, 0.15) is 0 Å². The van der Waals surface area contributed by atoms with Crippen LogP contribution in [0.25, 0.3) is 0 Å². The van der Waals surface area contributed by atoms with Crippen molar-refractivity contribution in [3.05, 3.63) is 21.9 Å². The van der Waals surface area contributed by atoms with Gasteiger partial charge in [0.05, 0.1) is 6.61 Å². The lowest BCUT2D eigenvalue weighted by molar-refractivity contribution is 0.190. The number of rotatable bonds is 4. The summed E-state index contributed by atoms with van der Waals surface area (Å²) >= 11 is 1.85. The quantitative estimate of drug-likeness (QED) is 0.824. The lowest BCUT2D eigenvalue weighted by Crippen LogP contribution is -2.28. The van der Waals surface area contributed by atoms with Crippen molar-refractivity contribution in [2.45, 2.75) is 32.4 Å². The molecular weight excluding hydrogens is 194 g/mol. The number of thiophene rings is 1. The first-order chi connectivity index (χ1) is 6.90. The summed E-state index contributed by atoms with van der Waals surface area (Å²) in [7, 11) is 0. The van der Waals surface area contributed by atoms with Gasteiger partial charge >= 0.3 is 0 Å². The van der Waals surface area contributed by atoms with Crippen LogP contribution in [0.15, 0.2) is 11.4 Å². The highest BCUT2D eigenvalue weighted by Gasteiger charge is 2.15. The minimum atomic E-state index is 0.571. The van der Waals surface area contributed by atoms with Crippen LogP contribution < -0.4 is 5.32 Å². The van der Waals surface area contributed by atoms with Crippen LogP contribution in [0.5, 0.6) is 0 Å². The molecule has 1 fully saturated rings. The van der Waals surface area contributed by atoms with Gasteiger partial charge in [-0.3, -0.25) is 0 Å². The van der Waals surface area contributed by atoms with Gasteiger partial charge in [-0.25, -0.2) is 0 Å². The van der Waals surface area contributed by atoms with Crippen molar-refractivity contribution in [2.24, 2.45) is 0 Å². The van der Waals surface area contributed by atoms with E-state index in [1.165, 1.54) is 10.4 Å². The highest BCUT2D eigenvalue weighted by Crippen LogP contribution is 2.17. The maximum Gasteiger partial charge on any atom is 0.0620 e. The van der Waals surface area contributed by atoms with Crippen LogP contribution in [0.3, 0.4) is 0 Å². The molecule has 1 aliphatic rings. The summed E-state index contributed by atoms with van der Waals surface area (Å²) in [6, 6.07) is 2.80. The van der Waals surface area contributed by atoms with Crippen LogP contribution in [-0.4, -0.2) is 19.3 Å². The van der Waals surface area contributed by atoms with E-state index >= 15 is 0 Å². The minimum absolute atomic E-state index is 0.571. The van der Waals surface area contributed by atoms with Crippen LogP contribution in [-0.2, 0) is 17.7 Å². The Morgan fingerprint density at radius 1 is 1.64 bits per heavy atom. The molecule has 0 spiro atoms. The summed E-state index contributed by atoms with van der Waals surface area (Å²) in [6.45, 7) is 5.02. The van der Waals surface area contributed by atoms with Gasteiger partial charge in [-0.2, -0.15) is 0 Å². The number of nitrogens with one attached hydrogen (secondary N) is 1. The zero-order chi connectivity index (χ0) is 9.80. The van der Waals surface area contributed by atoms with Gasteiger partial charge in [0.15, 0.2) is 0 Å². The molecule has 0 radical (unpaired) electrons. The molecule has 78 valence electrons. The zero-order valence-electron chi connectivity index (χ0n) is 8.58. The van der Waals surface area contributed by atoms with Crippen molar-refractivity contribution in [3.63, 3.8) is 0 Å². The summed E-state index contributed by atoms with van der Waals surface area (Å²) in [6.07, 6.45) is 2.30. The van der Waals surface area contributed by atoms with Crippen LogP contribution in [0.4, 0.5) is 0 Å². The van der Waals surface area contributed by atoms with E-state index in [0.717, 1.165) is 32.6 Å². The maximum absolute atomic E-state index is 5.32. The summed E-state index contributed by atoms with van der Waals surface area (Å²) in [5.41, 5.74) is 1.49. The molecule has 1 atom stereocenters. The van der Waals surface area contributed by atoms with E-state index in [-0.39, 0.29) is 0 Å². The van der Waals surface area contributed by atoms with Gasteiger partial charge in [-0.15, -0.1) is 11.3 Å². The third-order valence-corrected chi connectivity index (χ3v) is 3.66. The van der Waals surface area contributed by atoms with Crippen molar-refractivity contribution in [1.29, 1.82) is 0 Å². The lowest BCUT2D eigenvalue weighted by atomic mass is 10.2. The molecule has 0 aromatic carbocycles. The summed E-state index contributed by atoms with van der Waals surface area (Å²) in [4.78, 5) is 1.49. The molecule has 1 aromatic heterocycles. The first-order valence-electron chi connectivity index (χ1n) is 5.26. The van der Waals surface area contributed by atoms with Crippen LogP contribution in [0.2, 0.25) is 0 Å². The molecular formula is C11H17NOS. The second kappa shape index (κ2) is 4.91. The fraction of sp³-hybridized carbons (Fsp3) is 0.636. The molecule has 1 N–H and O–H groups in total. The Morgan fingerprint density at radius 3 is 3.29 bits per heavy atom. The lowest BCUT2D eigenvalue weighted by Gasteiger charge is -2.09. The number of hydrogen-bond donors (Lipinski definition) is 1. The second-order valence-corrected chi connectivity index (χ2v) is 4.66. The van der Waals surface area contributed by atoms with Gasteiger partial charge in [0.2, 0.25) is 0 Å². The van der Waals surface area contributed by atoms with Crippen molar-refractivity contribution in [3.8, 4) is 0 Å². The normalized spacial score (nSPS) is 21.6. The summed E-state index contributed by atoms with van der Waals surface area (Å²) in [5.74, 6) is 0. The molecule has 0 saturated carbocycles. The SMILES string of the molecule is CCc1ccsc1CNC1CCOC1. The van der Waals surface area contributed by atoms with Crippen LogP contribution in [0, 0.1) is 0 Å². The standard InChI is InChI=1S/C11H17NOS/c1-2-9-4-6-14-11(9)7-12-10-3-5-13-8-10/h4,6,10,12H,2-3,5,7-8H2,1H3. The number of aryl methyl sites for hydroxylation is 1. The first-order valence-corrected chi connectivity index (χ1v) is 6.14. The molecule has 2 rings (SSSR count). The molecule has 1 saturated heterocycles.